The van der Waals surface area contributed by atoms with Crippen LogP contribution < -0.4 is 5.32 Å². The summed E-state index contributed by atoms with van der Waals surface area (Å²) >= 11 is 0. The van der Waals surface area contributed by atoms with Crippen LogP contribution in [-0.4, -0.2) is 29.1 Å². The molecule has 1 amide bonds. The first-order valence-corrected chi connectivity index (χ1v) is 7.55. The second kappa shape index (κ2) is 6.58. The molecule has 0 saturated heterocycles. The molecule has 0 aliphatic carbocycles. The van der Waals surface area contributed by atoms with Gasteiger partial charge >= 0.3 is 0 Å². The molecule has 0 saturated carbocycles. The minimum atomic E-state index is -0.200. The van der Waals surface area contributed by atoms with Crippen LogP contribution in [0.25, 0.3) is 22.2 Å². The van der Waals surface area contributed by atoms with E-state index in [1.165, 1.54) is 0 Å². The molecule has 23 heavy (non-hydrogen) atoms. The molecule has 3 aromatic rings. The van der Waals surface area contributed by atoms with E-state index in [-0.39, 0.29) is 19.1 Å². The molecule has 2 N–H and O–H groups in total. The van der Waals surface area contributed by atoms with Gasteiger partial charge in [0.25, 0.3) is 5.91 Å². The first-order chi connectivity index (χ1) is 11.2. The summed E-state index contributed by atoms with van der Waals surface area (Å²) in [6.45, 7) is 2.13. The number of carbonyl (C=O) groups is 1. The Labute approximate surface area is 134 Å². The Bertz CT molecular complexity index is 845. The third-order valence-corrected chi connectivity index (χ3v) is 3.68. The van der Waals surface area contributed by atoms with E-state index < -0.39 is 0 Å². The highest BCUT2D eigenvalue weighted by Gasteiger charge is 2.13. The van der Waals surface area contributed by atoms with Crippen LogP contribution in [0.5, 0.6) is 0 Å². The molecule has 0 atom stereocenters. The molecule has 0 unspecified atom stereocenters. The van der Waals surface area contributed by atoms with Crippen molar-refractivity contribution in [3.63, 3.8) is 0 Å². The fraction of sp³-hybridized carbons (Fsp3) is 0.158. The van der Waals surface area contributed by atoms with Gasteiger partial charge in [-0.3, -0.25) is 4.79 Å². The van der Waals surface area contributed by atoms with Gasteiger partial charge in [0.05, 0.1) is 23.4 Å². The Hall–Kier alpha value is -2.72. The van der Waals surface area contributed by atoms with Crippen LogP contribution in [0.1, 0.15) is 15.9 Å². The molecular weight excluding hydrogens is 288 g/mol. The third kappa shape index (κ3) is 3.22. The molecule has 0 bridgehead atoms. The molecule has 0 aliphatic heterocycles. The van der Waals surface area contributed by atoms with Crippen molar-refractivity contribution in [1.29, 1.82) is 0 Å². The summed E-state index contributed by atoms with van der Waals surface area (Å²) in [5, 5.41) is 12.5. The number of hydrogen-bond donors (Lipinski definition) is 2. The van der Waals surface area contributed by atoms with Crippen molar-refractivity contribution in [2.75, 3.05) is 13.2 Å². The molecule has 4 heteroatoms. The fourth-order valence-electron chi connectivity index (χ4n) is 2.55. The van der Waals surface area contributed by atoms with Crippen molar-refractivity contribution in [3.05, 3.63) is 65.7 Å². The number of rotatable bonds is 4. The van der Waals surface area contributed by atoms with Crippen LogP contribution in [0.4, 0.5) is 0 Å². The second-order valence-electron chi connectivity index (χ2n) is 5.42. The lowest BCUT2D eigenvalue weighted by Crippen LogP contribution is -2.26. The molecular formula is C19H18N2O2. The van der Waals surface area contributed by atoms with Crippen LogP contribution in [0, 0.1) is 6.92 Å². The van der Waals surface area contributed by atoms with Crippen molar-refractivity contribution >= 4 is 16.8 Å². The Morgan fingerprint density at radius 2 is 1.91 bits per heavy atom. The Morgan fingerprint density at radius 3 is 2.65 bits per heavy atom. The van der Waals surface area contributed by atoms with Crippen molar-refractivity contribution in [2.45, 2.75) is 6.92 Å². The zero-order chi connectivity index (χ0) is 16.2. The smallest absolute Gasteiger partial charge is 0.252 e. The van der Waals surface area contributed by atoms with Gasteiger partial charge in [-0.05, 0) is 25.1 Å². The summed E-state index contributed by atoms with van der Waals surface area (Å²) in [7, 11) is 0. The molecule has 1 aromatic heterocycles. The van der Waals surface area contributed by atoms with Gasteiger partial charge < -0.3 is 10.4 Å². The number of amides is 1. The van der Waals surface area contributed by atoms with E-state index in [1.54, 1.807) is 0 Å². The van der Waals surface area contributed by atoms with Gasteiger partial charge in [-0.2, -0.15) is 0 Å². The van der Waals surface area contributed by atoms with E-state index in [1.807, 2.05) is 61.5 Å². The Morgan fingerprint density at radius 1 is 1.13 bits per heavy atom. The molecule has 1 heterocycles. The average molecular weight is 306 g/mol. The van der Waals surface area contributed by atoms with Gasteiger partial charge in [-0.1, -0.05) is 42.0 Å². The normalized spacial score (nSPS) is 10.7. The maximum atomic E-state index is 12.5. The maximum Gasteiger partial charge on any atom is 0.252 e. The van der Waals surface area contributed by atoms with Crippen LogP contribution in [0.15, 0.2) is 54.6 Å². The summed E-state index contributed by atoms with van der Waals surface area (Å²) in [5.74, 6) is -0.200. The number of aliphatic hydroxyl groups is 1. The number of fused-ring (bicyclic) bond motifs is 1. The quantitative estimate of drug-likeness (QED) is 0.779. The van der Waals surface area contributed by atoms with Crippen LogP contribution in [0.2, 0.25) is 0 Å². The second-order valence-corrected chi connectivity index (χ2v) is 5.42. The van der Waals surface area contributed by atoms with E-state index >= 15 is 0 Å². The minimum absolute atomic E-state index is 0.0840. The van der Waals surface area contributed by atoms with Gasteiger partial charge in [0, 0.05) is 17.5 Å². The van der Waals surface area contributed by atoms with Gasteiger partial charge in [-0.15, -0.1) is 0 Å². The molecule has 4 nitrogen and oxygen atoms in total. The molecule has 0 radical (unpaired) electrons. The number of nitrogens with zero attached hydrogens (tertiary/aromatic N) is 1. The Kier molecular flexibility index (Phi) is 4.35. The van der Waals surface area contributed by atoms with Crippen LogP contribution >= 0.6 is 0 Å². The van der Waals surface area contributed by atoms with Crippen molar-refractivity contribution in [2.24, 2.45) is 0 Å². The van der Waals surface area contributed by atoms with E-state index in [0.717, 1.165) is 27.7 Å². The van der Waals surface area contributed by atoms with Gasteiger partial charge in [0.15, 0.2) is 0 Å². The lowest BCUT2D eigenvalue weighted by Gasteiger charge is -2.11. The highest BCUT2D eigenvalue weighted by atomic mass is 16.3. The average Bonchev–Trinajstić information content (AvgIpc) is 2.59. The SMILES string of the molecule is Cc1ccc2nc(-c3ccccc3)cc(C(=O)NCCO)c2c1. The molecule has 2 aromatic carbocycles. The number of aryl methyl sites for hydroxylation is 1. The van der Waals surface area contributed by atoms with E-state index in [0.29, 0.717) is 5.56 Å². The van der Waals surface area contributed by atoms with Gasteiger partial charge in [0.2, 0.25) is 0 Å². The van der Waals surface area contributed by atoms with E-state index in [9.17, 15) is 4.79 Å². The number of benzene rings is 2. The summed E-state index contributed by atoms with van der Waals surface area (Å²) in [6.07, 6.45) is 0. The number of nitrogens with one attached hydrogen (secondary N) is 1. The highest BCUT2D eigenvalue weighted by molar-refractivity contribution is 6.07. The minimum Gasteiger partial charge on any atom is -0.395 e. The number of hydrogen-bond acceptors (Lipinski definition) is 3. The van der Waals surface area contributed by atoms with Crippen molar-refractivity contribution in [1.82, 2.24) is 10.3 Å². The van der Waals surface area contributed by atoms with Crippen LogP contribution in [0.3, 0.4) is 0 Å². The molecule has 3 rings (SSSR count). The third-order valence-electron chi connectivity index (χ3n) is 3.68. The summed E-state index contributed by atoms with van der Waals surface area (Å²) < 4.78 is 0. The monoisotopic (exact) mass is 306 g/mol. The Balaban J connectivity index is 2.18. The van der Waals surface area contributed by atoms with Gasteiger partial charge in [0.1, 0.15) is 0 Å². The largest absolute Gasteiger partial charge is 0.395 e. The standard InChI is InChI=1S/C19H18N2O2/c1-13-7-8-17-15(11-13)16(19(23)20-9-10-22)12-18(21-17)14-5-3-2-4-6-14/h2-8,11-12,22H,9-10H2,1H3,(H,20,23). The number of pyridine rings is 1. The summed E-state index contributed by atoms with van der Waals surface area (Å²) in [5.41, 5.74) is 4.15. The predicted octanol–water partition coefficient (Wildman–Crippen LogP) is 2.93. The topological polar surface area (TPSA) is 62.2 Å². The predicted molar refractivity (Wildman–Crippen MR) is 91.3 cm³/mol. The van der Waals surface area contributed by atoms with Crippen molar-refractivity contribution in [3.8, 4) is 11.3 Å². The van der Waals surface area contributed by atoms with Crippen molar-refractivity contribution < 1.29 is 9.90 Å². The molecule has 116 valence electrons. The lowest BCUT2D eigenvalue weighted by molar-refractivity contribution is 0.0946. The van der Waals surface area contributed by atoms with Gasteiger partial charge in [-0.25, -0.2) is 4.98 Å². The molecule has 0 aliphatic rings. The first-order valence-electron chi connectivity index (χ1n) is 7.55. The lowest BCUT2D eigenvalue weighted by atomic mass is 10.0. The summed E-state index contributed by atoms with van der Waals surface area (Å²) in [4.78, 5) is 17.1. The highest BCUT2D eigenvalue weighted by Crippen LogP contribution is 2.25. The van der Waals surface area contributed by atoms with E-state index in [4.69, 9.17) is 5.11 Å². The van der Waals surface area contributed by atoms with Crippen LogP contribution in [-0.2, 0) is 0 Å². The number of carbonyl (C=O) groups excluding carboxylic acids is 1. The van der Waals surface area contributed by atoms with E-state index in [2.05, 4.69) is 10.3 Å². The molecule has 0 spiro atoms. The first kappa shape index (κ1) is 15.2. The zero-order valence-corrected chi connectivity index (χ0v) is 12.9. The fourth-order valence-corrected chi connectivity index (χ4v) is 2.55. The zero-order valence-electron chi connectivity index (χ0n) is 12.9. The summed E-state index contributed by atoms with van der Waals surface area (Å²) in [6, 6.07) is 17.5. The number of aromatic nitrogens is 1. The number of aliphatic hydroxyl groups excluding tert-OH is 1. The maximum absolute atomic E-state index is 12.5. The molecule has 0 fully saturated rings.